The van der Waals surface area contributed by atoms with Crippen molar-refractivity contribution in [3.8, 4) is 0 Å². The van der Waals surface area contributed by atoms with Crippen LogP contribution in [0, 0.1) is 0 Å². The number of rotatable bonds is 5. The summed E-state index contributed by atoms with van der Waals surface area (Å²) in [7, 11) is 1.24. The molecule has 0 bridgehead atoms. The maximum absolute atomic E-state index is 12.2. The van der Waals surface area contributed by atoms with Crippen molar-refractivity contribution in [2.24, 2.45) is 0 Å². The zero-order valence-electron chi connectivity index (χ0n) is 12.9. The number of nitrogens with zero attached hydrogens (tertiary/aromatic N) is 2. The summed E-state index contributed by atoms with van der Waals surface area (Å²) in [5.74, 6) is -1.09. The fourth-order valence-corrected chi connectivity index (χ4v) is 2.00. The van der Waals surface area contributed by atoms with Gasteiger partial charge >= 0.3 is 5.97 Å². The first-order chi connectivity index (χ1) is 11.0. The molecule has 0 radical (unpaired) electrons. The van der Waals surface area contributed by atoms with Crippen LogP contribution in [0.4, 0.5) is 5.69 Å². The molecule has 2 aromatic rings. The molecule has 0 aromatic carbocycles. The first-order valence-corrected chi connectivity index (χ1v) is 7.12. The Morgan fingerprint density at radius 3 is 2.65 bits per heavy atom. The van der Waals surface area contributed by atoms with Crippen molar-refractivity contribution in [3.63, 3.8) is 0 Å². The van der Waals surface area contributed by atoms with Crippen molar-refractivity contribution in [1.82, 2.24) is 9.55 Å². The summed E-state index contributed by atoms with van der Waals surface area (Å²) in [4.78, 5) is 39.3. The Balaban J connectivity index is 2.21. The van der Waals surface area contributed by atoms with E-state index in [1.807, 2.05) is 6.92 Å². The molecule has 0 aliphatic heterocycles. The van der Waals surface area contributed by atoms with Crippen molar-refractivity contribution in [1.29, 1.82) is 0 Å². The number of carbonyl (C=O) groups is 2. The van der Waals surface area contributed by atoms with Gasteiger partial charge in [-0.3, -0.25) is 9.59 Å². The van der Waals surface area contributed by atoms with Crippen LogP contribution in [0.2, 0.25) is 0 Å². The first kappa shape index (κ1) is 16.4. The van der Waals surface area contributed by atoms with Crippen LogP contribution >= 0.6 is 0 Å². The Hall–Kier alpha value is -2.96. The van der Waals surface area contributed by atoms with Gasteiger partial charge in [-0.05, 0) is 24.6 Å². The second kappa shape index (κ2) is 7.35. The van der Waals surface area contributed by atoms with Crippen molar-refractivity contribution in [3.05, 3.63) is 58.3 Å². The van der Waals surface area contributed by atoms with E-state index < -0.39 is 11.9 Å². The number of aryl methyl sites for hydroxylation is 1. The first-order valence-electron chi connectivity index (χ1n) is 7.12. The van der Waals surface area contributed by atoms with E-state index in [0.29, 0.717) is 12.2 Å². The highest BCUT2D eigenvalue weighted by molar-refractivity contribution is 6.03. The molecule has 0 atom stereocenters. The number of amides is 1. The van der Waals surface area contributed by atoms with E-state index in [1.165, 1.54) is 35.9 Å². The third-order valence-electron chi connectivity index (χ3n) is 3.08. The molecule has 7 heteroatoms. The Labute approximate surface area is 132 Å². The van der Waals surface area contributed by atoms with Gasteiger partial charge in [-0.15, -0.1) is 0 Å². The molecule has 0 saturated carbocycles. The van der Waals surface area contributed by atoms with Crippen LogP contribution in [0.1, 0.15) is 34.3 Å². The standard InChI is InChI=1S/C16H17N3O4/c1-3-9-19-10-11(7-8-14(19)20)17-15(21)12-5-4-6-13(18-12)16(22)23-2/h4-8,10H,3,9H2,1-2H3,(H,17,21). The lowest BCUT2D eigenvalue weighted by molar-refractivity contribution is 0.0594. The molecule has 2 rings (SSSR count). The van der Waals surface area contributed by atoms with Gasteiger partial charge < -0.3 is 14.6 Å². The Morgan fingerprint density at radius 2 is 1.96 bits per heavy atom. The molecule has 1 N–H and O–H groups in total. The molecule has 0 unspecified atom stereocenters. The summed E-state index contributed by atoms with van der Waals surface area (Å²) >= 11 is 0. The molecule has 2 heterocycles. The molecule has 7 nitrogen and oxygen atoms in total. The second-order valence-corrected chi connectivity index (χ2v) is 4.80. The van der Waals surface area contributed by atoms with Gasteiger partial charge in [0.1, 0.15) is 11.4 Å². The van der Waals surface area contributed by atoms with E-state index in [1.54, 1.807) is 12.3 Å². The molecule has 0 saturated heterocycles. The smallest absolute Gasteiger partial charge is 0.356 e. The quantitative estimate of drug-likeness (QED) is 0.848. The van der Waals surface area contributed by atoms with Crippen LogP contribution in [0.5, 0.6) is 0 Å². The third kappa shape index (κ3) is 4.03. The van der Waals surface area contributed by atoms with Gasteiger partial charge in [0.25, 0.3) is 11.5 Å². The highest BCUT2D eigenvalue weighted by atomic mass is 16.5. The number of hydrogen-bond donors (Lipinski definition) is 1. The topological polar surface area (TPSA) is 90.3 Å². The lowest BCUT2D eigenvalue weighted by Gasteiger charge is -2.09. The minimum atomic E-state index is -0.615. The number of carbonyl (C=O) groups excluding carboxylic acids is 2. The Kier molecular flexibility index (Phi) is 5.24. The second-order valence-electron chi connectivity index (χ2n) is 4.80. The van der Waals surface area contributed by atoms with E-state index in [2.05, 4.69) is 15.0 Å². The number of hydrogen-bond acceptors (Lipinski definition) is 5. The minimum absolute atomic E-state index is 0.0519. The van der Waals surface area contributed by atoms with Crippen LogP contribution in [-0.4, -0.2) is 28.5 Å². The molecule has 120 valence electrons. The number of methoxy groups -OCH3 is 1. The average molecular weight is 315 g/mol. The zero-order valence-corrected chi connectivity index (χ0v) is 12.9. The summed E-state index contributed by atoms with van der Waals surface area (Å²) < 4.78 is 6.10. The lowest BCUT2D eigenvalue weighted by atomic mass is 10.2. The van der Waals surface area contributed by atoms with Crippen molar-refractivity contribution in [2.75, 3.05) is 12.4 Å². The molecular weight excluding hydrogens is 298 g/mol. The minimum Gasteiger partial charge on any atom is -0.464 e. The van der Waals surface area contributed by atoms with Crippen LogP contribution in [-0.2, 0) is 11.3 Å². The largest absolute Gasteiger partial charge is 0.464 e. The van der Waals surface area contributed by atoms with Crippen molar-refractivity contribution >= 4 is 17.6 Å². The lowest BCUT2D eigenvalue weighted by Crippen LogP contribution is -2.21. The number of pyridine rings is 2. The van der Waals surface area contributed by atoms with Crippen LogP contribution in [0.3, 0.4) is 0 Å². The van der Waals surface area contributed by atoms with Crippen LogP contribution < -0.4 is 10.9 Å². The summed E-state index contributed by atoms with van der Waals surface area (Å²) in [5, 5.41) is 2.66. The summed E-state index contributed by atoms with van der Waals surface area (Å²) in [6, 6.07) is 7.42. The van der Waals surface area contributed by atoms with E-state index in [-0.39, 0.29) is 16.9 Å². The molecule has 2 aromatic heterocycles. The fraction of sp³-hybridized carbons (Fsp3) is 0.250. The molecule has 0 aliphatic rings. The van der Waals surface area contributed by atoms with E-state index in [0.717, 1.165) is 6.42 Å². The van der Waals surface area contributed by atoms with Crippen molar-refractivity contribution < 1.29 is 14.3 Å². The normalized spacial score (nSPS) is 10.2. The number of aromatic nitrogens is 2. The Bertz CT molecular complexity index is 783. The molecule has 23 heavy (non-hydrogen) atoms. The molecule has 0 fully saturated rings. The Morgan fingerprint density at radius 1 is 1.22 bits per heavy atom. The predicted octanol–water partition coefficient (Wildman–Crippen LogP) is 1.69. The van der Waals surface area contributed by atoms with E-state index in [9.17, 15) is 14.4 Å². The highest BCUT2D eigenvalue weighted by Gasteiger charge is 2.13. The zero-order chi connectivity index (χ0) is 16.8. The maximum atomic E-state index is 12.2. The number of anilines is 1. The molecule has 0 spiro atoms. The maximum Gasteiger partial charge on any atom is 0.356 e. The fourth-order valence-electron chi connectivity index (χ4n) is 2.00. The van der Waals surface area contributed by atoms with Crippen molar-refractivity contribution in [2.45, 2.75) is 19.9 Å². The van der Waals surface area contributed by atoms with E-state index >= 15 is 0 Å². The van der Waals surface area contributed by atoms with E-state index in [4.69, 9.17) is 0 Å². The predicted molar refractivity (Wildman–Crippen MR) is 84.5 cm³/mol. The van der Waals surface area contributed by atoms with Crippen LogP contribution in [0.15, 0.2) is 41.3 Å². The van der Waals surface area contributed by atoms with Gasteiger partial charge in [0.05, 0.1) is 12.8 Å². The van der Waals surface area contributed by atoms with Gasteiger partial charge in [0, 0.05) is 18.8 Å². The number of ether oxygens (including phenoxy) is 1. The monoisotopic (exact) mass is 315 g/mol. The van der Waals surface area contributed by atoms with Gasteiger partial charge in [0.2, 0.25) is 0 Å². The average Bonchev–Trinajstić information content (AvgIpc) is 2.57. The van der Waals surface area contributed by atoms with Gasteiger partial charge in [-0.1, -0.05) is 13.0 Å². The molecule has 0 aliphatic carbocycles. The number of nitrogens with one attached hydrogen (secondary N) is 1. The summed E-state index contributed by atoms with van der Waals surface area (Å²) in [6.07, 6.45) is 2.38. The summed E-state index contributed by atoms with van der Waals surface area (Å²) in [6.45, 7) is 2.53. The van der Waals surface area contributed by atoms with Gasteiger partial charge in [0.15, 0.2) is 0 Å². The third-order valence-corrected chi connectivity index (χ3v) is 3.08. The SMILES string of the molecule is CCCn1cc(NC(=O)c2cccc(C(=O)OC)n2)ccc1=O. The van der Waals surface area contributed by atoms with Gasteiger partial charge in [-0.25, -0.2) is 9.78 Å². The van der Waals surface area contributed by atoms with Crippen LogP contribution in [0.25, 0.3) is 0 Å². The summed E-state index contributed by atoms with van der Waals surface area (Å²) in [5.41, 5.74) is 0.487. The molecular formula is C16H17N3O4. The highest BCUT2D eigenvalue weighted by Crippen LogP contribution is 2.08. The number of esters is 1. The molecule has 1 amide bonds. The van der Waals surface area contributed by atoms with Gasteiger partial charge in [-0.2, -0.15) is 0 Å².